The Morgan fingerprint density at radius 1 is 1.19 bits per heavy atom. The molecule has 0 aliphatic carbocycles. The molecule has 1 unspecified atom stereocenters. The van der Waals surface area contributed by atoms with Gasteiger partial charge in [-0.25, -0.2) is 0 Å². The third kappa shape index (κ3) is 4.55. The minimum Gasteiger partial charge on any atom is -0.496 e. The van der Waals surface area contributed by atoms with Crippen molar-refractivity contribution >= 4 is 0 Å². The first-order valence-electron chi connectivity index (χ1n) is 7.17. The van der Waals surface area contributed by atoms with Crippen LogP contribution in [0, 0.1) is 0 Å². The zero-order chi connectivity index (χ0) is 15.1. The Hall–Kier alpha value is -1.91. The Labute approximate surface area is 126 Å². The van der Waals surface area contributed by atoms with Crippen LogP contribution in [0.1, 0.15) is 17.3 Å². The molecule has 1 heterocycles. The number of pyridine rings is 1. The molecular formula is C17H23N3O. The molecule has 1 aromatic heterocycles. The molecule has 2 aromatic rings. The smallest absolute Gasteiger partial charge is 0.123 e. The fraction of sp³-hybridized carbons (Fsp3) is 0.353. The van der Waals surface area contributed by atoms with Gasteiger partial charge < -0.3 is 15.4 Å². The van der Waals surface area contributed by atoms with Crippen molar-refractivity contribution in [3.63, 3.8) is 0 Å². The van der Waals surface area contributed by atoms with Gasteiger partial charge in [0, 0.05) is 43.0 Å². The first-order valence-corrected chi connectivity index (χ1v) is 7.17. The molecule has 0 aliphatic rings. The van der Waals surface area contributed by atoms with Crippen molar-refractivity contribution in [2.75, 3.05) is 27.2 Å². The summed E-state index contributed by atoms with van der Waals surface area (Å²) in [5, 5.41) is 0. The van der Waals surface area contributed by atoms with Gasteiger partial charge in [-0.3, -0.25) is 4.98 Å². The Kier molecular flexibility index (Phi) is 5.72. The zero-order valence-corrected chi connectivity index (χ0v) is 12.7. The number of hydrogen-bond acceptors (Lipinski definition) is 4. The molecule has 0 amide bonds. The predicted molar refractivity (Wildman–Crippen MR) is 85.4 cm³/mol. The third-order valence-corrected chi connectivity index (χ3v) is 3.52. The normalized spacial score (nSPS) is 12.4. The van der Waals surface area contributed by atoms with Crippen molar-refractivity contribution in [1.29, 1.82) is 0 Å². The number of likely N-dealkylation sites (N-methyl/N-ethyl adjacent to an activating group) is 1. The maximum atomic E-state index is 6.30. The molecule has 1 atom stereocenters. The van der Waals surface area contributed by atoms with Gasteiger partial charge in [0.1, 0.15) is 5.75 Å². The van der Waals surface area contributed by atoms with E-state index < -0.39 is 0 Å². The number of para-hydroxylation sites is 1. The standard InChI is InChI=1S/C17H23N3O/c1-20(12-10-14-7-5-6-11-19-14)13-16(18)15-8-3-4-9-17(15)21-2/h3-9,11,16H,10,12-13,18H2,1-2H3. The number of hydrogen-bond donors (Lipinski definition) is 1. The predicted octanol–water partition coefficient (Wildman–Crippen LogP) is 2.26. The molecular weight excluding hydrogens is 262 g/mol. The van der Waals surface area contributed by atoms with Crippen LogP contribution in [0.4, 0.5) is 0 Å². The van der Waals surface area contributed by atoms with Gasteiger partial charge in [-0.2, -0.15) is 0 Å². The lowest BCUT2D eigenvalue weighted by molar-refractivity contribution is 0.311. The highest BCUT2D eigenvalue weighted by Gasteiger charge is 2.13. The van der Waals surface area contributed by atoms with E-state index in [-0.39, 0.29) is 6.04 Å². The molecule has 21 heavy (non-hydrogen) atoms. The van der Waals surface area contributed by atoms with Gasteiger partial charge in [0.15, 0.2) is 0 Å². The van der Waals surface area contributed by atoms with E-state index in [0.29, 0.717) is 0 Å². The first-order chi connectivity index (χ1) is 10.2. The van der Waals surface area contributed by atoms with Crippen LogP contribution in [0.3, 0.4) is 0 Å². The molecule has 0 radical (unpaired) electrons. The van der Waals surface area contributed by atoms with Gasteiger partial charge in [0.05, 0.1) is 7.11 Å². The number of ether oxygens (including phenoxy) is 1. The van der Waals surface area contributed by atoms with E-state index in [1.165, 1.54) is 0 Å². The van der Waals surface area contributed by atoms with E-state index >= 15 is 0 Å². The SMILES string of the molecule is COc1ccccc1C(N)CN(C)CCc1ccccn1. The number of benzene rings is 1. The number of nitrogens with zero attached hydrogens (tertiary/aromatic N) is 2. The van der Waals surface area contributed by atoms with Crippen LogP contribution in [-0.2, 0) is 6.42 Å². The summed E-state index contributed by atoms with van der Waals surface area (Å²) in [6, 6.07) is 13.9. The van der Waals surface area contributed by atoms with Crippen molar-refractivity contribution in [3.8, 4) is 5.75 Å². The molecule has 0 bridgehead atoms. The van der Waals surface area contributed by atoms with E-state index in [2.05, 4.69) is 16.9 Å². The number of rotatable bonds is 7. The van der Waals surface area contributed by atoms with Crippen LogP contribution >= 0.6 is 0 Å². The maximum absolute atomic E-state index is 6.30. The summed E-state index contributed by atoms with van der Waals surface area (Å²) in [4.78, 5) is 6.57. The van der Waals surface area contributed by atoms with Crippen LogP contribution in [0.15, 0.2) is 48.7 Å². The second-order valence-electron chi connectivity index (χ2n) is 5.18. The highest BCUT2D eigenvalue weighted by Crippen LogP contribution is 2.23. The van der Waals surface area contributed by atoms with Crippen molar-refractivity contribution in [2.45, 2.75) is 12.5 Å². The molecule has 2 rings (SSSR count). The second kappa shape index (κ2) is 7.76. The Bertz CT molecular complexity index is 545. The summed E-state index contributed by atoms with van der Waals surface area (Å²) in [5.74, 6) is 0.850. The molecule has 4 nitrogen and oxygen atoms in total. The van der Waals surface area contributed by atoms with Crippen LogP contribution in [0.2, 0.25) is 0 Å². The first kappa shape index (κ1) is 15.5. The summed E-state index contributed by atoms with van der Waals surface area (Å²) < 4.78 is 5.37. The lowest BCUT2D eigenvalue weighted by Gasteiger charge is -2.22. The van der Waals surface area contributed by atoms with Gasteiger partial charge in [0.25, 0.3) is 0 Å². The number of methoxy groups -OCH3 is 1. The van der Waals surface area contributed by atoms with E-state index in [1.807, 2.05) is 48.7 Å². The van der Waals surface area contributed by atoms with Gasteiger partial charge in [0.2, 0.25) is 0 Å². The summed E-state index contributed by atoms with van der Waals surface area (Å²) in [6.45, 7) is 1.72. The van der Waals surface area contributed by atoms with Crippen molar-refractivity contribution in [2.24, 2.45) is 5.73 Å². The average Bonchev–Trinajstić information content (AvgIpc) is 2.53. The monoisotopic (exact) mass is 285 g/mol. The lowest BCUT2D eigenvalue weighted by Crippen LogP contribution is -2.31. The average molecular weight is 285 g/mol. The maximum Gasteiger partial charge on any atom is 0.123 e. The molecule has 0 spiro atoms. The van der Waals surface area contributed by atoms with E-state index in [0.717, 1.165) is 36.5 Å². The third-order valence-electron chi connectivity index (χ3n) is 3.52. The topological polar surface area (TPSA) is 51.4 Å². The molecule has 4 heteroatoms. The van der Waals surface area contributed by atoms with Gasteiger partial charge in [-0.1, -0.05) is 24.3 Å². The molecule has 0 aliphatic heterocycles. The molecule has 0 saturated heterocycles. The Morgan fingerprint density at radius 2 is 1.95 bits per heavy atom. The quantitative estimate of drug-likeness (QED) is 0.848. The van der Waals surface area contributed by atoms with E-state index in [1.54, 1.807) is 7.11 Å². The number of aromatic nitrogens is 1. The summed E-state index contributed by atoms with van der Waals surface area (Å²) in [6.07, 6.45) is 2.76. The minimum atomic E-state index is -0.0603. The molecule has 1 aromatic carbocycles. The zero-order valence-electron chi connectivity index (χ0n) is 12.7. The van der Waals surface area contributed by atoms with Gasteiger partial charge >= 0.3 is 0 Å². The molecule has 0 saturated carbocycles. The fourth-order valence-electron chi connectivity index (χ4n) is 2.35. The lowest BCUT2D eigenvalue weighted by atomic mass is 10.1. The van der Waals surface area contributed by atoms with Gasteiger partial charge in [-0.05, 0) is 25.2 Å². The van der Waals surface area contributed by atoms with Crippen molar-refractivity contribution < 1.29 is 4.74 Å². The molecule has 0 fully saturated rings. The summed E-state index contributed by atoms with van der Waals surface area (Å²) in [7, 11) is 3.76. The van der Waals surface area contributed by atoms with Crippen LogP contribution in [0.5, 0.6) is 5.75 Å². The van der Waals surface area contributed by atoms with Crippen LogP contribution in [-0.4, -0.2) is 37.1 Å². The second-order valence-corrected chi connectivity index (χ2v) is 5.18. The summed E-state index contributed by atoms with van der Waals surface area (Å²) in [5.41, 5.74) is 8.46. The van der Waals surface area contributed by atoms with Crippen LogP contribution < -0.4 is 10.5 Å². The van der Waals surface area contributed by atoms with Gasteiger partial charge in [-0.15, -0.1) is 0 Å². The Morgan fingerprint density at radius 3 is 2.67 bits per heavy atom. The largest absolute Gasteiger partial charge is 0.496 e. The molecule has 2 N–H and O–H groups in total. The Balaban J connectivity index is 1.88. The van der Waals surface area contributed by atoms with E-state index in [9.17, 15) is 0 Å². The number of nitrogens with two attached hydrogens (primary N) is 1. The fourth-order valence-corrected chi connectivity index (χ4v) is 2.35. The molecule has 112 valence electrons. The highest BCUT2D eigenvalue weighted by atomic mass is 16.5. The highest BCUT2D eigenvalue weighted by molar-refractivity contribution is 5.35. The van der Waals surface area contributed by atoms with E-state index in [4.69, 9.17) is 10.5 Å². The van der Waals surface area contributed by atoms with Crippen LogP contribution in [0.25, 0.3) is 0 Å². The van der Waals surface area contributed by atoms with Crippen molar-refractivity contribution in [1.82, 2.24) is 9.88 Å². The van der Waals surface area contributed by atoms with Crippen molar-refractivity contribution in [3.05, 3.63) is 59.9 Å². The summed E-state index contributed by atoms with van der Waals surface area (Å²) >= 11 is 0. The minimum absolute atomic E-state index is 0.0603.